The molecule has 1 heterocycles. The molecule has 0 saturated heterocycles. The van der Waals surface area contributed by atoms with Gasteiger partial charge >= 0.3 is 0 Å². The van der Waals surface area contributed by atoms with E-state index in [4.69, 9.17) is 4.74 Å². The topological polar surface area (TPSA) is 69.0 Å². The Labute approximate surface area is 181 Å². The number of aromatic nitrogens is 3. The van der Waals surface area contributed by atoms with Crippen LogP contribution >= 0.6 is 11.8 Å². The molecule has 3 aromatic rings. The third-order valence-electron chi connectivity index (χ3n) is 4.55. The highest BCUT2D eigenvalue weighted by atomic mass is 32.2. The molecule has 0 aliphatic carbocycles. The van der Waals surface area contributed by atoms with E-state index in [1.807, 2.05) is 47.0 Å². The molecule has 0 spiro atoms. The summed E-state index contributed by atoms with van der Waals surface area (Å²) >= 11 is 1.34. The molecule has 0 unspecified atom stereocenters. The summed E-state index contributed by atoms with van der Waals surface area (Å²) in [6, 6.07) is 15.6. The van der Waals surface area contributed by atoms with Crippen molar-refractivity contribution in [1.29, 1.82) is 0 Å². The molecule has 2 aromatic carbocycles. The lowest BCUT2D eigenvalue weighted by Gasteiger charge is -2.11. The number of para-hydroxylation sites is 1. The second-order valence-electron chi connectivity index (χ2n) is 7.02. The first-order valence-corrected chi connectivity index (χ1v) is 10.7. The average Bonchev–Trinajstić information content (AvgIpc) is 3.15. The summed E-state index contributed by atoms with van der Waals surface area (Å²) in [5, 5.41) is 12.2. The maximum Gasteiger partial charge on any atom is 0.234 e. The lowest BCUT2D eigenvalue weighted by atomic mass is 10.0. The van der Waals surface area contributed by atoms with Crippen molar-refractivity contribution in [2.45, 2.75) is 31.5 Å². The van der Waals surface area contributed by atoms with Crippen molar-refractivity contribution in [3.05, 3.63) is 66.7 Å². The van der Waals surface area contributed by atoms with Gasteiger partial charge in [-0.15, -0.1) is 16.8 Å². The minimum absolute atomic E-state index is 0.0899. The van der Waals surface area contributed by atoms with Crippen LogP contribution in [0, 0.1) is 0 Å². The van der Waals surface area contributed by atoms with Crippen LogP contribution in [0.25, 0.3) is 11.4 Å². The lowest BCUT2D eigenvalue weighted by Crippen LogP contribution is -2.15. The summed E-state index contributed by atoms with van der Waals surface area (Å²) in [4.78, 5) is 12.5. The van der Waals surface area contributed by atoms with Gasteiger partial charge in [0.15, 0.2) is 11.0 Å². The molecule has 0 radical (unpaired) electrons. The first-order valence-electron chi connectivity index (χ1n) is 9.73. The number of nitrogens with zero attached hydrogens (tertiary/aromatic N) is 3. The number of hydrogen-bond donors (Lipinski definition) is 1. The predicted octanol–water partition coefficient (Wildman–Crippen LogP) is 4.99. The van der Waals surface area contributed by atoms with E-state index in [0.29, 0.717) is 23.4 Å². The Morgan fingerprint density at radius 3 is 2.77 bits per heavy atom. The number of benzene rings is 2. The fraction of sp³-hybridized carbons (Fsp3) is 0.261. The molecule has 0 atom stereocenters. The van der Waals surface area contributed by atoms with Gasteiger partial charge in [-0.05, 0) is 35.7 Å². The predicted molar refractivity (Wildman–Crippen MR) is 122 cm³/mol. The molecular weight excluding hydrogens is 396 g/mol. The van der Waals surface area contributed by atoms with E-state index in [1.165, 1.54) is 17.3 Å². The normalized spacial score (nSPS) is 10.8. The zero-order valence-corrected chi connectivity index (χ0v) is 18.3. The maximum atomic E-state index is 12.5. The second kappa shape index (κ2) is 10.1. The molecule has 1 amide bonds. The number of anilines is 1. The van der Waals surface area contributed by atoms with E-state index >= 15 is 0 Å². The standard InChI is InChI=1S/C23H26N4O2S/c1-5-13-27-22(19-11-6-7-12-20(19)29-4)25-26-23(27)30-15-21(28)24-18-10-8-9-17(14-18)16(2)3/h5-12,14,16H,1,13,15H2,2-4H3,(H,24,28). The Hall–Kier alpha value is -3.06. The number of allylic oxidation sites excluding steroid dienone is 1. The highest BCUT2D eigenvalue weighted by molar-refractivity contribution is 7.99. The summed E-state index contributed by atoms with van der Waals surface area (Å²) in [6.07, 6.45) is 1.78. The number of carbonyl (C=O) groups excluding carboxylic acids is 1. The van der Waals surface area contributed by atoms with E-state index in [1.54, 1.807) is 13.2 Å². The van der Waals surface area contributed by atoms with E-state index < -0.39 is 0 Å². The zero-order valence-electron chi connectivity index (χ0n) is 17.5. The first-order chi connectivity index (χ1) is 14.5. The lowest BCUT2D eigenvalue weighted by molar-refractivity contribution is -0.113. The molecule has 156 valence electrons. The maximum absolute atomic E-state index is 12.5. The fourth-order valence-electron chi connectivity index (χ4n) is 3.02. The minimum Gasteiger partial charge on any atom is -0.496 e. The number of ether oxygens (including phenoxy) is 1. The number of methoxy groups -OCH3 is 1. The Morgan fingerprint density at radius 1 is 1.23 bits per heavy atom. The molecule has 0 aliphatic heterocycles. The number of amides is 1. The Balaban J connectivity index is 1.74. The van der Waals surface area contributed by atoms with E-state index in [-0.39, 0.29) is 11.7 Å². The van der Waals surface area contributed by atoms with Gasteiger partial charge in [-0.25, -0.2) is 0 Å². The van der Waals surface area contributed by atoms with Gasteiger partial charge in [0.25, 0.3) is 0 Å². The van der Waals surface area contributed by atoms with E-state index in [9.17, 15) is 4.79 Å². The molecule has 30 heavy (non-hydrogen) atoms. The van der Waals surface area contributed by atoms with Gasteiger partial charge in [0.1, 0.15) is 5.75 Å². The summed E-state index contributed by atoms with van der Waals surface area (Å²) in [7, 11) is 1.63. The van der Waals surface area contributed by atoms with Crippen LogP contribution in [0.1, 0.15) is 25.3 Å². The number of hydrogen-bond acceptors (Lipinski definition) is 5. The van der Waals surface area contributed by atoms with E-state index in [0.717, 1.165) is 17.0 Å². The third kappa shape index (κ3) is 5.10. The van der Waals surface area contributed by atoms with Gasteiger partial charge < -0.3 is 10.1 Å². The first kappa shape index (κ1) is 21.6. The monoisotopic (exact) mass is 422 g/mol. The number of nitrogens with one attached hydrogen (secondary N) is 1. The molecule has 6 nitrogen and oxygen atoms in total. The summed E-state index contributed by atoms with van der Waals surface area (Å²) in [6.45, 7) is 8.61. The molecule has 1 aromatic heterocycles. The van der Waals surface area contributed by atoms with Crippen molar-refractivity contribution in [3.8, 4) is 17.1 Å². The summed E-state index contributed by atoms with van der Waals surface area (Å²) in [5.74, 6) is 1.94. The molecule has 0 saturated carbocycles. The van der Waals surface area contributed by atoms with Crippen LogP contribution in [0.4, 0.5) is 5.69 Å². The highest BCUT2D eigenvalue weighted by Crippen LogP contribution is 2.31. The molecule has 0 bridgehead atoms. The smallest absolute Gasteiger partial charge is 0.234 e. The molecule has 7 heteroatoms. The van der Waals surface area contributed by atoms with Gasteiger partial charge in [-0.1, -0.05) is 56.0 Å². The van der Waals surface area contributed by atoms with Crippen molar-refractivity contribution < 1.29 is 9.53 Å². The average molecular weight is 423 g/mol. The molecule has 0 aliphatic rings. The van der Waals surface area contributed by atoms with Crippen molar-refractivity contribution >= 4 is 23.4 Å². The van der Waals surface area contributed by atoms with Crippen molar-refractivity contribution in [2.24, 2.45) is 0 Å². The molecule has 0 fully saturated rings. The van der Waals surface area contributed by atoms with Crippen LogP contribution in [0.15, 0.2) is 66.3 Å². The Kier molecular flexibility index (Phi) is 7.30. The molecule has 3 rings (SSSR count). The van der Waals surface area contributed by atoms with Crippen LogP contribution in [-0.4, -0.2) is 33.5 Å². The van der Waals surface area contributed by atoms with Crippen LogP contribution in [0.3, 0.4) is 0 Å². The summed E-state index contributed by atoms with van der Waals surface area (Å²) in [5.41, 5.74) is 2.83. The Morgan fingerprint density at radius 2 is 2.03 bits per heavy atom. The number of carbonyl (C=O) groups is 1. The van der Waals surface area contributed by atoms with Gasteiger partial charge in [-0.2, -0.15) is 0 Å². The van der Waals surface area contributed by atoms with Crippen LogP contribution in [0.5, 0.6) is 5.75 Å². The molecule has 1 N–H and O–H groups in total. The fourth-order valence-corrected chi connectivity index (χ4v) is 3.77. The van der Waals surface area contributed by atoms with Crippen LogP contribution < -0.4 is 10.1 Å². The Bertz CT molecular complexity index is 1030. The molecular formula is C23H26N4O2S. The van der Waals surface area contributed by atoms with Crippen LogP contribution in [-0.2, 0) is 11.3 Å². The van der Waals surface area contributed by atoms with Gasteiger partial charge in [0.05, 0.1) is 18.4 Å². The quantitative estimate of drug-likeness (QED) is 0.388. The highest BCUT2D eigenvalue weighted by Gasteiger charge is 2.17. The van der Waals surface area contributed by atoms with Gasteiger partial charge in [0.2, 0.25) is 5.91 Å². The van der Waals surface area contributed by atoms with Crippen molar-refractivity contribution in [3.63, 3.8) is 0 Å². The van der Waals surface area contributed by atoms with E-state index in [2.05, 4.69) is 42.0 Å². The number of rotatable bonds is 9. The van der Waals surface area contributed by atoms with Crippen molar-refractivity contribution in [1.82, 2.24) is 14.8 Å². The minimum atomic E-state index is -0.0899. The van der Waals surface area contributed by atoms with Crippen LogP contribution in [0.2, 0.25) is 0 Å². The second-order valence-corrected chi connectivity index (χ2v) is 7.97. The summed E-state index contributed by atoms with van der Waals surface area (Å²) < 4.78 is 7.39. The zero-order chi connectivity index (χ0) is 21.5. The third-order valence-corrected chi connectivity index (χ3v) is 5.51. The SMILES string of the molecule is C=CCn1c(SCC(=O)Nc2cccc(C(C)C)c2)nnc1-c1ccccc1OC. The van der Waals surface area contributed by atoms with Gasteiger partial charge in [0, 0.05) is 12.2 Å². The largest absolute Gasteiger partial charge is 0.496 e. The van der Waals surface area contributed by atoms with Crippen molar-refractivity contribution in [2.75, 3.05) is 18.2 Å². The number of thioether (sulfide) groups is 1. The van der Waals surface area contributed by atoms with Gasteiger partial charge in [-0.3, -0.25) is 9.36 Å².